The maximum atomic E-state index is 12.4. The van der Waals surface area contributed by atoms with Crippen LogP contribution in [-0.2, 0) is 20.7 Å². The van der Waals surface area contributed by atoms with Gasteiger partial charge in [0.2, 0.25) is 17.6 Å². The Kier molecular flexibility index (Phi) is 8.04. The summed E-state index contributed by atoms with van der Waals surface area (Å²) in [6.07, 6.45) is 0.677. The average molecular weight is 363 g/mol. The molecule has 0 aliphatic carbocycles. The minimum atomic E-state index is 0.00305. The topological polar surface area (TPSA) is 86.9 Å². The summed E-state index contributed by atoms with van der Waals surface area (Å²) in [5.41, 5.74) is 0.828. The highest BCUT2D eigenvalue weighted by Gasteiger charge is 2.16. The van der Waals surface area contributed by atoms with Crippen LogP contribution in [0.5, 0.6) is 5.75 Å². The lowest BCUT2D eigenvalue weighted by molar-refractivity contribution is -0.132. The zero-order chi connectivity index (χ0) is 18.8. The molecule has 0 radical (unpaired) electrons. The lowest BCUT2D eigenvalue weighted by Gasteiger charge is -2.21. The molecule has 0 N–H and O–H groups in total. The number of rotatable bonds is 11. The van der Waals surface area contributed by atoms with E-state index in [2.05, 4.69) is 10.1 Å². The Morgan fingerprint density at radius 1 is 1.08 bits per heavy atom. The van der Waals surface area contributed by atoms with Crippen molar-refractivity contribution in [2.75, 3.05) is 47.6 Å². The Hall–Kier alpha value is -2.45. The van der Waals surface area contributed by atoms with E-state index in [1.54, 1.807) is 26.2 Å². The first-order valence-corrected chi connectivity index (χ1v) is 8.40. The van der Waals surface area contributed by atoms with E-state index in [9.17, 15) is 4.79 Å². The molecule has 0 saturated carbocycles. The largest absolute Gasteiger partial charge is 0.497 e. The normalized spacial score (nSPS) is 10.7. The van der Waals surface area contributed by atoms with Gasteiger partial charge in [-0.25, -0.2) is 0 Å². The van der Waals surface area contributed by atoms with Gasteiger partial charge in [0, 0.05) is 45.7 Å². The number of nitrogens with zero attached hydrogens (tertiary/aromatic N) is 3. The van der Waals surface area contributed by atoms with Crippen LogP contribution in [0.1, 0.15) is 12.3 Å². The van der Waals surface area contributed by atoms with E-state index in [0.717, 1.165) is 11.3 Å². The number of carbonyl (C=O) groups excluding carboxylic acids is 1. The molecule has 1 aromatic heterocycles. The maximum absolute atomic E-state index is 12.4. The third-order valence-electron chi connectivity index (χ3n) is 3.85. The van der Waals surface area contributed by atoms with Crippen molar-refractivity contribution < 1.29 is 23.5 Å². The summed E-state index contributed by atoms with van der Waals surface area (Å²) in [6.45, 7) is 2.02. The highest BCUT2D eigenvalue weighted by Crippen LogP contribution is 2.20. The standard InChI is InChI=1S/C18H25N3O5/c1-23-12-10-21(11-13-24-2)17(22)9-8-16-19-18(20-26-16)14-4-6-15(25-3)7-5-14/h4-7H,8-13H2,1-3H3. The molecule has 0 unspecified atom stereocenters. The summed E-state index contributed by atoms with van der Waals surface area (Å²) < 4.78 is 20.5. The summed E-state index contributed by atoms with van der Waals surface area (Å²) in [5, 5.41) is 3.97. The number of carbonyl (C=O) groups is 1. The van der Waals surface area contributed by atoms with E-state index in [0.29, 0.717) is 44.4 Å². The molecule has 1 amide bonds. The Bertz CT molecular complexity index is 664. The van der Waals surface area contributed by atoms with Crippen molar-refractivity contribution in [3.05, 3.63) is 30.2 Å². The molecule has 0 spiro atoms. The van der Waals surface area contributed by atoms with E-state index >= 15 is 0 Å². The van der Waals surface area contributed by atoms with Gasteiger partial charge >= 0.3 is 0 Å². The van der Waals surface area contributed by atoms with Crippen LogP contribution in [0.2, 0.25) is 0 Å². The fourth-order valence-corrected chi connectivity index (χ4v) is 2.35. The molecule has 2 aromatic rings. The molecule has 142 valence electrons. The van der Waals surface area contributed by atoms with Crippen molar-refractivity contribution in [1.29, 1.82) is 0 Å². The van der Waals surface area contributed by atoms with Gasteiger partial charge in [-0.1, -0.05) is 5.16 Å². The van der Waals surface area contributed by atoms with E-state index in [4.69, 9.17) is 18.7 Å². The monoisotopic (exact) mass is 363 g/mol. The van der Waals surface area contributed by atoms with Gasteiger partial charge in [0.05, 0.1) is 20.3 Å². The number of aromatic nitrogens is 2. The summed E-state index contributed by atoms with van der Waals surface area (Å²) in [6, 6.07) is 7.38. The second-order valence-corrected chi connectivity index (χ2v) is 5.61. The van der Waals surface area contributed by atoms with Crippen LogP contribution in [0.25, 0.3) is 11.4 Å². The fraction of sp³-hybridized carbons (Fsp3) is 0.500. The highest BCUT2D eigenvalue weighted by atomic mass is 16.5. The Labute approximate surface area is 153 Å². The molecule has 2 rings (SSSR count). The smallest absolute Gasteiger partial charge is 0.227 e. The van der Waals surface area contributed by atoms with Crippen LogP contribution in [0.3, 0.4) is 0 Å². The van der Waals surface area contributed by atoms with Crippen LogP contribution in [-0.4, -0.2) is 68.6 Å². The van der Waals surface area contributed by atoms with Crippen LogP contribution in [0.4, 0.5) is 0 Å². The van der Waals surface area contributed by atoms with Crippen molar-refractivity contribution in [3.63, 3.8) is 0 Å². The molecule has 8 nitrogen and oxygen atoms in total. The number of hydrogen-bond acceptors (Lipinski definition) is 7. The van der Waals surface area contributed by atoms with E-state index < -0.39 is 0 Å². The minimum absolute atomic E-state index is 0.00305. The Balaban J connectivity index is 1.91. The Morgan fingerprint density at radius 2 is 1.73 bits per heavy atom. The lowest BCUT2D eigenvalue weighted by Crippen LogP contribution is -2.36. The second-order valence-electron chi connectivity index (χ2n) is 5.61. The van der Waals surface area contributed by atoms with Gasteiger partial charge in [0.1, 0.15) is 5.75 Å². The van der Waals surface area contributed by atoms with Gasteiger partial charge in [0.25, 0.3) is 0 Å². The number of benzene rings is 1. The van der Waals surface area contributed by atoms with Gasteiger partial charge in [-0.15, -0.1) is 0 Å². The van der Waals surface area contributed by atoms with Gasteiger partial charge in [-0.2, -0.15) is 4.98 Å². The number of amides is 1. The zero-order valence-electron chi connectivity index (χ0n) is 15.4. The SMILES string of the molecule is COCCN(CCOC)C(=O)CCc1nc(-c2ccc(OC)cc2)no1. The molecule has 0 aliphatic rings. The van der Waals surface area contributed by atoms with E-state index in [1.165, 1.54) is 0 Å². The predicted octanol–water partition coefficient (Wildman–Crippen LogP) is 1.80. The molecule has 0 aliphatic heterocycles. The summed E-state index contributed by atoms with van der Waals surface area (Å²) in [5.74, 6) is 1.69. The average Bonchev–Trinajstić information content (AvgIpc) is 3.15. The first-order valence-electron chi connectivity index (χ1n) is 8.40. The predicted molar refractivity (Wildman–Crippen MR) is 94.9 cm³/mol. The van der Waals surface area contributed by atoms with Gasteiger partial charge < -0.3 is 23.6 Å². The molecule has 1 aromatic carbocycles. The number of aryl methyl sites for hydroxylation is 1. The minimum Gasteiger partial charge on any atom is -0.497 e. The zero-order valence-corrected chi connectivity index (χ0v) is 15.4. The van der Waals surface area contributed by atoms with E-state index in [1.807, 2.05) is 24.3 Å². The summed E-state index contributed by atoms with van der Waals surface area (Å²) in [7, 11) is 4.83. The third-order valence-corrected chi connectivity index (χ3v) is 3.85. The quantitative estimate of drug-likeness (QED) is 0.601. The van der Waals surface area contributed by atoms with Crippen molar-refractivity contribution in [2.45, 2.75) is 12.8 Å². The second kappa shape index (κ2) is 10.5. The van der Waals surface area contributed by atoms with Crippen molar-refractivity contribution in [3.8, 4) is 17.1 Å². The van der Waals surface area contributed by atoms with E-state index in [-0.39, 0.29) is 12.3 Å². The van der Waals surface area contributed by atoms with Crippen LogP contribution in [0.15, 0.2) is 28.8 Å². The van der Waals surface area contributed by atoms with Crippen LogP contribution >= 0.6 is 0 Å². The van der Waals surface area contributed by atoms with Crippen LogP contribution in [0, 0.1) is 0 Å². The molecular formula is C18H25N3O5. The van der Waals surface area contributed by atoms with Gasteiger partial charge in [0.15, 0.2) is 0 Å². The molecule has 8 heteroatoms. The van der Waals surface area contributed by atoms with Gasteiger partial charge in [-0.05, 0) is 24.3 Å². The first kappa shape index (κ1) is 19.9. The van der Waals surface area contributed by atoms with Gasteiger partial charge in [-0.3, -0.25) is 4.79 Å². The van der Waals surface area contributed by atoms with Crippen molar-refractivity contribution in [1.82, 2.24) is 15.0 Å². The van der Waals surface area contributed by atoms with Crippen LogP contribution < -0.4 is 4.74 Å². The summed E-state index contributed by atoms with van der Waals surface area (Å²) >= 11 is 0. The number of methoxy groups -OCH3 is 3. The molecule has 0 fully saturated rings. The maximum Gasteiger partial charge on any atom is 0.227 e. The summed E-state index contributed by atoms with van der Waals surface area (Å²) in [4.78, 5) is 18.5. The molecule has 0 saturated heterocycles. The van der Waals surface area contributed by atoms with Crippen molar-refractivity contribution >= 4 is 5.91 Å². The highest BCUT2D eigenvalue weighted by molar-refractivity contribution is 5.76. The first-order chi connectivity index (χ1) is 12.7. The van der Waals surface area contributed by atoms with Crippen molar-refractivity contribution in [2.24, 2.45) is 0 Å². The molecule has 26 heavy (non-hydrogen) atoms. The third kappa shape index (κ3) is 5.82. The lowest BCUT2D eigenvalue weighted by atomic mass is 10.2. The molecular weight excluding hydrogens is 338 g/mol. The number of hydrogen-bond donors (Lipinski definition) is 0. The fourth-order valence-electron chi connectivity index (χ4n) is 2.35. The molecule has 0 bridgehead atoms. The molecule has 1 heterocycles. The Morgan fingerprint density at radius 3 is 2.31 bits per heavy atom. The number of ether oxygens (including phenoxy) is 3. The molecule has 0 atom stereocenters.